The first-order chi connectivity index (χ1) is 13.1. The van der Waals surface area contributed by atoms with Crippen LogP contribution in [0.3, 0.4) is 0 Å². The molecule has 1 amide bonds. The summed E-state index contributed by atoms with van der Waals surface area (Å²) in [6, 6.07) is 17.3. The highest BCUT2D eigenvalue weighted by Gasteiger charge is 2.18. The zero-order valence-electron chi connectivity index (χ0n) is 14.6. The number of aromatic amines is 1. The molecule has 4 rings (SSSR count). The van der Waals surface area contributed by atoms with E-state index in [2.05, 4.69) is 20.6 Å². The highest BCUT2D eigenvalue weighted by atomic mass is 16.2. The molecule has 4 aromatic rings. The van der Waals surface area contributed by atoms with E-state index in [9.17, 15) is 9.59 Å². The summed E-state index contributed by atoms with van der Waals surface area (Å²) in [5, 5.41) is 15.0. The monoisotopic (exact) mass is 359 g/mol. The van der Waals surface area contributed by atoms with Crippen LogP contribution < -0.4 is 10.9 Å². The molecule has 1 atom stereocenters. The van der Waals surface area contributed by atoms with Gasteiger partial charge >= 0.3 is 0 Å². The molecular weight excluding hydrogens is 342 g/mol. The molecule has 27 heavy (non-hydrogen) atoms. The minimum absolute atomic E-state index is 0.325. The summed E-state index contributed by atoms with van der Waals surface area (Å²) in [4.78, 5) is 24.9. The first-order valence-electron chi connectivity index (χ1n) is 8.51. The summed E-state index contributed by atoms with van der Waals surface area (Å²) in [5.74, 6) is -0.325. The second-order valence-electron chi connectivity index (χ2n) is 6.20. The molecule has 2 N–H and O–H groups in total. The first-order valence-corrected chi connectivity index (χ1v) is 8.51. The Morgan fingerprint density at radius 2 is 1.93 bits per heavy atom. The van der Waals surface area contributed by atoms with Gasteiger partial charge in [-0.15, -0.1) is 0 Å². The van der Waals surface area contributed by atoms with Crippen LogP contribution in [-0.4, -0.2) is 25.9 Å². The number of hydrogen-bond acceptors (Lipinski definition) is 4. The van der Waals surface area contributed by atoms with E-state index in [4.69, 9.17) is 0 Å². The molecule has 1 unspecified atom stereocenters. The fraction of sp³-hybridized carbons (Fsp3) is 0.100. The molecule has 2 aromatic carbocycles. The van der Waals surface area contributed by atoms with Crippen LogP contribution in [0.5, 0.6) is 0 Å². The lowest BCUT2D eigenvalue weighted by molar-refractivity contribution is -0.119. The van der Waals surface area contributed by atoms with Gasteiger partial charge < -0.3 is 5.32 Å². The van der Waals surface area contributed by atoms with E-state index in [0.717, 1.165) is 16.5 Å². The number of benzene rings is 2. The van der Waals surface area contributed by atoms with Crippen molar-refractivity contribution in [2.75, 3.05) is 5.32 Å². The minimum atomic E-state index is -0.765. The third-order valence-corrected chi connectivity index (χ3v) is 4.35. The minimum Gasteiger partial charge on any atom is -0.324 e. The molecule has 0 radical (unpaired) electrons. The molecule has 7 nitrogen and oxygen atoms in total. The van der Waals surface area contributed by atoms with Crippen molar-refractivity contribution < 1.29 is 4.79 Å². The van der Waals surface area contributed by atoms with Gasteiger partial charge in [-0.25, -0.2) is 4.68 Å². The van der Waals surface area contributed by atoms with E-state index in [1.807, 2.05) is 36.4 Å². The predicted molar refractivity (Wildman–Crippen MR) is 103 cm³/mol. The van der Waals surface area contributed by atoms with Crippen molar-refractivity contribution in [2.24, 2.45) is 0 Å². The standard InChI is InChI=1S/C20H17N5O2/c1-13(20(27)22-16-8-7-15-12-21-23-18(15)11-16)25-19(26)10-9-17(24-25)14-5-3-2-4-6-14/h2-13H,1H3,(H,21,23)(H,22,27). The smallest absolute Gasteiger partial charge is 0.267 e. The highest BCUT2D eigenvalue weighted by molar-refractivity contribution is 5.95. The van der Waals surface area contributed by atoms with E-state index < -0.39 is 6.04 Å². The van der Waals surface area contributed by atoms with Crippen molar-refractivity contribution in [2.45, 2.75) is 13.0 Å². The Bertz CT molecular complexity index is 1160. The number of nitrogens with zero attached hydrogens (tertiary/aromatic N) is 3. The maximum atomic E-state index is 12.7. The summed E-state index contributed by atoms with van der Waals surface area (Å²) >= 11 is 0. The molecule has 0 fully saturated rings. The van der Waals surface area contributed by atoms with Crippen LogP contribution >= 0.6 is 0 Å². The topological polar surface area (TPSA) is 92.7 Å². The lowest BCUT2D eigenvalue weighted by atomic mass is 10.1. The average molecular weight is 359 g/mol. The third kappa shape index (κ3) is 3.35. The highest BCUT2D eigenvalue weighted by Crippen LogP contribution is 2.18. The van der Waals surface area contributed by atoms with Crippen molar-refractivity contribution >= 4 is 22.5 Å². The van der Waals surface area contributed by atoms with Crippen molar-refractivity contribution in [3.8, 4) is 11.3 Å². The lowest BCUT2D eigenvalue weighted by Gasteiger charge is -2.15. The first kappa shape index (κ1) is 16.7. The third-order valence-electron chi connectivity index (χ3n) is 4.35. The summed E-state index contributed by atoms with van der Waals surface area (Å²) in [5.41, 5.74) is 2.62. The van der Waals surface area contributed by atoms with E-state index in [1.165, 1.54) is 10.7 Å². The SMILES string of the molecule is CC(C(=O)Nc1ccc2cn[nH]c2c1)n1nc(-c2ccccc2)ccc1=O. The quantitative estimate of drug-likeness (QED) is 0.586. The fourth-order valence-corrected chi connectivity index (χ4v) is 2.84. The fourth-order valence-electron chi connectivity index (χ4n) is 2.84. The number of anilines is 1. The molecule has 0 saturated heterocycles. The van der Waals surface area contributed by atoms with Gasteiger partial charge in [0.25, 0.3) is 5.56 Å². The van der Waals surface area contributed by atoms with Crippen molar-refractivity contribution in [3.63, 3.8) is 0 Å². The van der Waals surface area contributed by atoms with Gasteiger partial charge in [-0.05, 0) is 31.2 Å². The van der Waals surface area contributed by atoms with E-state index in [1.54, 1.807) is 31.3 Å². The van der Waals surface area contributed by atoms with Crippen LogP contribution in [0.25, 0.3) is 22.2 Å². The summed E-state index contributed by atoms with van der Waals surface area (Å²) in [6.07, 6.45) is 1.71. The van der Waals surface area contributed by atoms with Crippen LogP contribution in [0.2, 0.25) is 0 Å². The van der Waals surface area contributed by atoms with Gasteiger partial charge in [-0.2, -0.15) is 10.2 Å². The second-order valence-corrected chi connectivity index (χ2v) is 6.20. The number of aromatic nitrogens is 4. The van der Waals surface area contributed by atoms with E-state index in [-0.39, 0.29) is 11.5 Å². The van der Waals surface area contributed by atoms with E-state index >= 15 is 0 Å². The van der Waals surface area contributed by atoms with Gasteiger partial charge in [-0.3, -0.25) is 14.7 Å². The Kier molecular flexibility index (Phi) is 4.25. The van der Waals surface area contributed by atoms with Gasteiger partial charge in [-0.1, -0.05) is 30.3 Å². The van der Waals surface area contributed by atoms with Crippen LogP contribution in [-0.2, 0) is 4.79 Å². The number of carbonyl (C=O) groups excluding carboxylic acids is 1. The number of amides is 1. The molecule has 0 aliphatic heterocycles. The maximum absolute atomic E-state index is 12.7. The van der Waals surface area contributed by atoms with Gasteiger partial charge in [0, 0.05) is 22.7 Å². The zero-order chi connectivity index (χ0) is 18.8. The molecule has 7 heteroatoms. The predicted octanol–water partition coefficient (Wildman–Crippen LogP) is 2.99. The average Bonchev–Trinajstić information content (AvgIpc) is 3.16. The molecule has 0 aliphatic carbocycles. The maximum Gasteiger partial charge on any atom is 0.267 e. The second kappa shape index (κ2) is 6.87. The molecule has 134 valence electrons. The number of rotatable bonds is 4. The zero-order valence-corrected chi connectivity index (χ0v) is 14.6. The molecule has 2 heterocycles. The van der Waals surface area contributed by atoms with E-state index in [0.29, 0.717) is 11.4 Å². The number of hydrogen-bond donors (Lipinski definition) is 2. The Morgan fingerprint density at radius 1 is 1.11 bits per heavy atom. The van der Waals surface area contributed by atoms with Crippen molar-refractivity contribution in [1.29, 1.82) is 0 Å². The molecule has 0 saturated carbocycles. The van der Waals surface area contributed by atoms with Gasteiger partial charge in [0.1, 0.15) is 6.04 Å². The number of fused-ring (bicyclic) bond motifs is 1. The molecule has 0 aliphatic rings. The lowest BCUT2D eigenvalue weighted by Crippen LogP contribution is -2.33. The summed E-state index contributed by atoms with van der Waals surface area (Å²) in [6.45, 7) is 1.65. The molecule has 0 spiro atoms. The van der Waals surface area contributed by atoms with Crippen LogP contribution in [0, 0.1) is 0 Å². The van der Waals surface area contributed by atoms with Gasteiger partial charge in [0.15, 0.2) is 0 Å². The Morgan fingerprint density at radius 3 is 2.74 bits per heavy atom. The van der Waals surface area contributed by atoms with Crippen LogP contribution in [0.15, 0.2) is 71.7 Å². The molecule has 2 aromatic heterocycles. The Hall–Kier alpha value is -3.74. The van der Waals surface area contributed by atoms with Crippen LogP contribution in [0.1, 0.15) is 13.0 Å². The van der Waals surface area contributed by atoms with Crippen LogP contribution in [0.4, 0.5) is 5.69 Å². The number of nitrogens with one attached hydrogen (secondary N) is 2. The molecular formula is C20H17N5O2. The largest absolute Gasteiger partial charge is 0.324 e. The van der Waals surface area contributed by atoms with Crippen molar-refractivity contribution in [3.05, 3.63) is 77.2 Å². The number of carbonyl (C=O) groups is 1. The summed E-state index contributed by atoms with van der Waals surface area (Å²) < 4.78 is 1.20. The number of H-pyrrole nitrogens is 1. The summed E-state index contributed by atoms with van der Waals surface area (Å²) in [7, 11) is 0. The van der Waals surface area contributed by atoms with Crippen molar-refractivity contribution in [1.82, 2.24) is 20.0 Å². The van der Waals surface area contributed by atoms with Gasteiger partial charge in [0.05, 0.1) is 17.4 Å². The van der Waals surface area contributed by atoms with Gasteiger partial charge in [0.2, 0.25) is 5.91 Å². The Labute approximate surface area is 154 Å². The normalized spacial score (nSPS) is 12.0. The Balaban J connectivity index is 1.60. The molecule has 0 bridgehead atoms.